The molecule has 1 aromatic rings. The number of methoxy groups -OCH3 is 1. The highest BCUT2D eigenvalue weighted by molar-refractivity contribution is 5.90. The van der Waals surface area contributed by atoms with E-state index < -0.39 is 17.1 Å². The van der Waals surface area contributed by atoms with Crippen molar-refractivity contribution < 1.29 is 29.6 Å². The molecule has 2 heterocycles. The minimum Gasteiger partial charge on any atom is -0.493 e. The standard InChI is InChI=1S/C18H21NO4.C6H14O2/c1-19-8-7-17-14-10-3-4-12(22-2)15(14)23-16(17)11(20)5-6-18(17,21)13(19)9-10;1-5(7)3-4-6(2)8/h3-4,13,16,21H,5-9H2,1-2H3;5-8H,3-4H2,1-2H3/t13-,16+,17+,18-;/m1./s1. The quantitative estimate of drug-likeness (QED) is 0.663. The molecule has 7 heteroatoms. The molecule has 0 amide bonds. The average Bonchev–Trinajstić information content (AvgIpc) is 3.08. The molecular formula is C24H35NO6. The van der Waals surface area contributed by atoms with Crippen LogP contribution in [-0.2, 0) is 16.6 Å². The van der Waals surface area contributed by atoms with Gasteiger partial charge >= 0.3 is 0 Å². The van der Waals surface area contributed by atoms with Gasteiger partial charge in [0.15, 0.2) is 23.4 Å². The van der Waals surface area contributed by atoms with E-state index in [2.05, 4.69) is 18.0 Å². The third-order valence-corrected chi connectivity index (χ3v) is 7.73. The average molecular weight is 434 g/mol. The molecular weight excluding hydrogens is 398 g/mol. The smallest absolute Gasteiger partial charge is 0.174 e. The second-order valence-electron chi connectivity index (χ2n) is 9.72. The first-order valence-corrected chi connectivity index (χ1v) is 11.3. The third-order valence-electron chi connectivity index (χ3n) is 7.73. The maximum absolute atomic E-state index is 12.7. The molecule has 5 rings (SSSR count). The van der Waals surface area contributed by atoms with Gasteiger partial charge in [0.2, 0.25) is 0 Å². The van der Waals surface area contributed by atoms with Gasteiger partial charge in [-0.15, -0.1) is 0 Å². The van der Waals surface area contributed by atoms with E-state index >= 15 is 0 Å². The first kappa shape index (κ1) is 22.5. The van der Waals surface area contributed by atoms with E-state index in [1.54, 1.807) is 21.0 Å². The van der Waals surface area contributed by atoms with Crippen LogP contribution in [-0.4, -0.2) is 76.7 Å². The van der Waals surface area contributed by atoms with Crippen LogP contribution < -0.4 is 9.47 Å². The van der Waals surface area contributed by atoms with Crippen molar-refractivity contribution in [1.29, 1.82) is 0 Å². The Bertz CT molecular complexity index is 847. The summed E-state index contributed by atoms with van der Waals surface area (Å²) in [5.74, 6) is 1.47. The highest BCUT2D eigenvalue weighted by Crippen LogP contribution is 2.64. The van der Waals surface area contributed by atoms with Gasteiger partial charge in [-0.05, 0) is 71.2 Å². The van der Waals surface area contributed by atoms with E-state index in [0.717, 1.165) is 24.9 Å². The summed E-state index contributed by atoms with van der Waals surface area (Å²) in [6, 6.07) is 4.05. The molecule has 0 aromatic heterocycles. The molecule has 0 radical (unpaired) electrons. The van der Waals surface area contributed by atoms with Gasteiger partial charge in [-0.25, -0.2) is 0 Å². The molecule has 6 atom stereocenters. The lowest BCUT2D eigenvalue weighted by Gasteiger charge is -2.62. The predicted molar refractivity (Wildman–Crippen MR) is 116 cm³/mol. The number of carbonyl (C=O) groups is 1. The number of likely N-dealkylation sites (tertiary alicyclic amines) is 1. The second kappa shape index (κ2) is 8.03. The number of ketones is 1. The molecule has 2 bridgehead atoms. The Balaban J connectivity index is 0.000000250. The van der Waals surface area contributed by atoms with Crippen molar-refractivity contribution in [3.8, 4) is 11.5 Å². The summed E-state index contributed by atoms with van der Waals surface area (Å²) >= 11 is 0. The zero-order chi connectivity index (χ0) is 22.6. The van der Waals surface area contributed by atoms with Crippen molar-refractivity contribution in [2.24, 2.45) is 0 Å². The Hall–Kier alpha value is -1.67. The Morgan fingerprint density at radius 3 is 2.52 bits per heavy atom. The van der Waals surface area contributed by atoms with E-state index in [4.69, 9.17) is 19.7 Å². The van der Waals surface area contributed by atoms with Gasteiger partial charge < -0.3 is 29.7 Å². The molecule has 2 unspecified atom stereocenters. The summed E-state index contributed by atoms with van der Waals surface area (Å²) < 4.78 is 11.6. The van der Waals surface area contributed by atoms with Gasteiger partial charge in [-0.3, -0.25) is 4.79 Å². The van der Waals surface area contributed by atoms with Crippen molar-refractivity contribution in [3.05, 3.63) is 23.3 Å². The van der Waals surface area contributed by atoms with Crippen molar-refractivity contribution in [1.82, 2.24) is 4.90 Å². The summed E-state index contributed by atoms with van der Waals surface area (Å²) in [6.07, 6.45) is 2.73. The molecule has 2 aliphatic heterocycles. The fraction of sp³-hybridized carbons (Fsp3) is 0.708. The molecule has 31 heavy (non-hydrogen) atoms. The van der Waals surface area contributed by atoms with Crippen LogP contribution in [0.25, 0.3) is 0 Å². The first-order valence-electron chi connectivity index (χ1n) is 11.3. The number of likely N-dealkylation sites (N-methyl/N-ethyl adjacent to an activating group) is 1. The Kier molecular flexibility index (Phi) is 5.83. The van der Waals surface area contributed by atoms with Crippen LogP contribution in [0, 0.1) is 0 Å². The topological polar surface area (TPSA) is 99.5 Å². The molecule has 1 aromatic carbocycles. The van der Waals surface area contributed by atoms with Crippen LogP contribution >= 0.6 is 0 Å². The second-order valence-corrected chi connectivity index (χ2v) is 9.72. The van der Waals surface area contributed by atoms with Gasteiger partial charge in [0.1, 0.15) is 0 Å². The van der Waals surface area contributed by atoms with Crippen LogP contribution in [0.5, 0.6) is 11.5 Å². The highest BCUT2D eigenvalue weighted by atomic mass is 16.5. The predicted octanol–water partition coefficient (Wildman–Crippen LogP) is 1.58. The number of rotatable bonds is 4. The maximum Gasteiger partial charge on any atom is 0.174 e. The number of carbonyl (C=O) groups excluding carboxylic acids is 1. The number of ether oxygens (including phenoxy) is 2. The number of piperidine rings is 1. The van der Waals surface area contributed by atoms with Crippen LogP contribution in [0.15, 0.2) is 12.1 Å². The number of benzene rings is 1. The zero-order valence-corrected chi connectivity index (χ0v) is 18.9. The largest absolute Gasteiger partial charge is 0.493 e. The van der Waals surface area contributed by atoms with Crippen LogP contribution in [0.3, 0.4) is 0 Å². The molecule has 172 valence electrons. The van der Waals surface area contributed by atoms with E-state index in [9.17, 15) is 9.90 Å². The summed E-state index contributed by atoms with van der Waals surface area (Å²) in [5.41, 5.74) is 0.737. The summed E-state index contributed by atoms with van der Waals surface area (Å²) in [5, 5.41) is 29.1. The lowest BCUT2D eigenvalue weighted by molar-refractivity contribution is -0.185. The molecule has 7 nitrogen and oxygen atoms in total. The van der Waals surface area contributed by atoms with Crippen molar-refractivity contribution in [3.63, 3.8) is 0 Å². The van der Waals surface area contributed by atoms with Gasteiger partial charge in [-0.1, -0.05) is 6.07 Å². The van der Waals surface area contributed by atoms with Crippen molar-refractivity contribution in [2.45, 2.75) is 87.7 Å². The van der Waals surface area contributed by atoms with Crippen molar-refractivity contribution >= 4 is 5.78 Å². The SMILES string of the molecule is CC(O)CCC(C)O.COc1ccc2c3c1O[C@H]1C(=O)CC[C@@]4(O)[C@@H](C2)N(C)CC[C@]314. The monoisotopic (exact) mass is 433 g/mol. The molecule has 1 saturated carbocycles. The molecule has 4 aliphatic rings. The first-order chi connectivity index (χ1) is 14.7. The van der Waals surface area contributed by atoms with Crippen LogP contribution in [0.1, 0.15) is 57.1 Å². The van der Waals surface area contributed by atoms with Gasteiger partial charge in [0.25, 0.3) is 0 Å². The zero-order valence-electron chi connectivity index (χ0n) is 18.9. The van der Waals surface area contributed by atoms with E-state index in [0.29, 0.717) is 37.2 Å². The summed E-state index contributed by atoms with van der Waals surface area (Å²) in [6.45, 7) is 4.32. The molecule has 2 fully saturated rings. The summed E-state index contributed by atoms with van der Waals surface area (Å²) in [4.78, 5) is 14.9. The van der Waals surface area contributed by atoms with Gasteiger partial charge in [-0.2, -0.15) is 0 Å². The van der Waals surface area contributed by atoms with Crippen LogP contribution in [0.2, 0.25) is 0 Å². The number of hydrogen-bond acceptors (Lipinski definition) is 7. The fourth-order valence-corrected chi connectivity index (χ4v) is 6.17. The van der Waals surface area contributed by atoms with E-state index in [1.807, 2.05) is 6.07 Å². The van der Waals surface area contributed by atoms with Crippen LogP contribution in [0.4, 0.5) is 0 Å². The fourth-order valence-electron chi connectivity index (χ4n) is 6.17. The van der Waals surface area contributed by atoms with Gasteiger partial charge in [0.05, 0.1) is 30.3 Å². The summed E-state index contributed by atoms with van der Waals surface area (Å²) in [7, 11) is 3.70. The maximum atomic E-state index is 12.7. The normalized spacial score (nSPS) is 34.7. The Morgan fingerprint density at radius 2 is 1.90 bits per heavy atom. The lowest BCUT2D eigenvalue weighted by Crippen LogP contribution is -2.76. The molecule has 2 aliphatic carbocycles. The molecule has 1 saturated heterocycles. The number of hydrogen-bond donors (Lipinski definition) is 3. The number of nitrogens with zero attached hydrogens (tertiary/aromatic N) is 1. The number of Topliss-reactive ketones (excluding diaryl/α,β-unsaturated/α-hetero) is 1. The minimum absolute atomic E-state index is 0.0438. The highest BCUT2D eigenvalue weighted by Gasteiger charge is 2.72. The van der Waals surface area contributed by atoms with Gasteiger partial charge in [0, 0.05) is 18.0 Å². The number of aliphatic hydroxyl groups excluding tert-OH is 2. The molecule has 1 spiro atoms. The minimum atomic E-state index is -0.900. The van der Waals surface area contributed by atoms with E-state index in [-0.39, 0.29) is 24.0 Å². The Labute approximate surface area is 184 Å². The third kappa shape index (κ3) is 3.28. The Morgan fingerprint density at radius 1 is 1.23 bits per heavy atom. The lowest BCUT2D eigenvalue weighted by atomic mass is 9.49. The molecule has 3 N–H and O–H groups in total. The van der Waals surface area contributed by atoms with Crippen molar-refractivity contribution in [2.75, 3.05) is 20.7 Å². The van der Waals surface area contributed by atoms with E-state index in [1.165, 1.54) is 5.56 Å². The number of aliphatic hydroxyl groups is 3.